The molecule has 0 aliphatic rings. The average Bonchev–Trinajstić information content (AvgIpc) is 3.38. The molecule has 0 saturated carbocycles. The van der Waals surface area contributed by atoms with Gasteiger partial charge in [0.05, 0.1) is 35.0 Å². The van der Waals surface area contributed by atoms with Crippen LogP contribution in [0, 0.1) is 0 Å². The average molecular weight is 435 g/mol. The molecule has 0 radical (unpaired) electrons. The Morgan fingerprint density at radius 3 is 2.86 bits per heavy atom. The van der Waals surface area contributed by atoms with Crippen LogP contribution < -0.4 is 5.56 Å². The molecule has 0 unspecified atom stereocenters. The van der Waals surface area contributed by atoms with Crippen molar-refractivity contribution < 1.29 is 3.89 Å². The summed E-state index contributed by atoms with van der Waals surface area (Å²) in [6, 6.07) is 5.47. The summed E-state index contributed by atoms with van der Waals surface area (Å²) in [5, 5.41) is 10.7. The van der Waals surface area contributed by atoms with Gasteiger partial charge in [-0.3, -0.25) is 4.79 Å². The predicted molar refractivity (Wildman–Crippen MR) is 111 cm³/mol. The molecule has 11 heteroatoms. The maximum Gasteiger partial charge on any atom is 0.291 e. The zero-order valence-electron chi connectivity index (χ0n) is 14.5. The van der Waals surface area contributed by atoms with Crippen molar-refractivity contribution in [2.75, 3.05) is 0 Å². The van der Waals surface area contributed by atoms with Crippen LogP contribution in [0.3, 0.4) is 0 Å². The van der Waals surface area contributed by atoms with E-state index >= 15 is 0 Å². The van der Waals surface area contributed by atoms with Crippen LogP contribution in [-0.2, 0) is 19.5 Å². The Morgan fingerprint density at radius 2 is 2.07 bits per heavy atom. The summed E-state index contributed by atoms with van der Waals surface area (Å²) in [5.41, 5.74) is 2.56. The van der Waals surface area contributed by atoms with Gasteiger partial charge in [0, 0.05) is 17.8 Å². The fraction of sp³-hybridized carbons (Fsp3) is 0.176. The molecule has 0 saturated heterocycles. The van der Waals surface area contributed by atoms with E-state index in [-0.39, 0.29) is 24.4 Å². The number of thiazole rings is 1. The minimum Gasteiger partial charge on any atom is -0.323 e. The van der Waals surface area contributed by atoms with Gasteiger partial charge in [0.2, 0.25) is 0 Å². The molecule has 0 amide bonds. The summed E-state index contributed by atoms with van der Waals surface area (Å²) in [6.07, 6.45) is 3.28. The number of halogens is 2. The molecule has 7 nitrogen and oxygen atoms in total. The Hall–Kier alpha value is -2.43. The number of aryl methyl sites for hydroxylation is 1. The van der Waals surface area contributed by atoms with E-state index in [4.69, 9.17) is 11.6 Å². The van der Waals surface area contributed by atoms with Gasteiger partial charge in [-0.2, -0.15) is 14.3 Å². The smallest absolute Gasteiger partial charge is 0.291 e. The molecule has 1 aromatic carbocycles. The summed E-state index contributed by atoms with van der Waals surface area (Å²) in [6.45, 7) is 0.258. The van der Waals surface area contributed by atoms with Crippen LogP contribution in [0.1, 0.15) is 10.6 Å². The van der Waals surface area contributed by atoms with E-state index in [1.165, 1.54) is 20.1 Å². The lowest BCUT2D eigenvalue weighted by Crippen LogP contribution is -2.24. The van der Waals surface area contributed by atoms with Gasteiger partial charge in [-0.25, -0.2) is 9.67 Å². The van der Waals surface area contributed by atoms with Gasteiger partial charge in [-0.1, -0.05) is 12.1 Å². The minimum atomic E-state index is -0.207. The molecule has 0 spiro atoms. The normalized spacial score (nSPS) is 12.0. The topological polar surface area (TPSA) is 70.5 Å². The maximum atomic E-state index is 13.1. The van der Waals surface area contributed by atoms with Crippen molar-refractivity contribution in [2.45, 2.75) is 12.4 Å². The van der Waals surface area contributed by atoms with Gasteiger partial charge in [0.15, 0.2) is 18.0 Å². The van der Waals surface area contributed by atoms with E-state index in [0.29, 0.717) is 16.9 Å². The zero-order valence-corrected chi connectivity index (χ0v) is 16.9. The Morgan fingerprint density at radius 1 is 1.25 bits per heavy atom. The molecular formula is C17H12ClFN6OS2. The van der Waals surface area contributed by atoms with Crippen molar-refractivity contribution in [3.8, 4) is 0 Å². The molecule has 5 aromatic rings. The summed E-state index contributed by atoms with van der Waals surface area (Å²) in [7, 11) is 1.82. The number of aromatic nitrogens is 6. The molecule has 142 valence electrons. The summed E-state index contributed by atoms with van der Waals surface area (Å²) < 4.78 is 18.3. The molecular weight excluding hydrogens is 423 g/mol. The van der Waals surface area contributed by atoms with Crippen molar-refractivity contribution in [3.63, 3.8) is 0 Å². The minimum absolute atomic E-state index is 0.0361. The highest BCUT2D eigenvalue weighted by molar-refractivity contribution is 7.92. The van der Waals surface area contributed by atoms with Gasteiger partial charge >= 0.3 is 0 Å². The second kappa shape index (κ2) is 6.57. The van der Waals surface area contributed by atoms with Crippen molar-refractivity contribution in [1.82, 2.24) is 28.5 Å². The highest BCUT2D eigenvalue weighted by Crippen LogP contribution is 2.31. The van der Waals surface area contributed by atoms with Gasteiger partial charge < -0.3 is 4.57 Å². The van der Waals surface area contributed by atoms with Crippen molar-refractivity contribution >= 4 is 67.4 Å². The number of hydrogen-bond acceptors (Lipinski definition) is 6. The third-order valence-electron chi connectivity index (χ3n) is 4.74. The molecule has 0 aliphatic heterocycles. The quantitative estimate of drug-likeness (QED) is 0.402. The van der Waals surface area contributed by atoms with Crippen LogP contribution in [0.4, 0.5) is 3.89 Å². The first-order valence-electron chi connectivity index (χ1n) is 8.27. The van der Waals surface area contributed by atoms with E-state index in [2.05, 4.69) is 15.2 Å². The molecule has 0 aliphatic carbocycles. The Kier molecular flexibility index (Phi) is 4.14. The predicted octanol–water partition coefficient (Wildman–Crippen LogP) is 3.86. The van der Waals surface area contributed by atoms with E-state index in [9.17, 15) is 8.68 Å². The number of nitrogens with zero attached hydrogens (tertiary/aromatic N) is 6. The van der Waals surface area contributed by atoms with Gasteiger partial charge in [-0.15, -0.1) is 26.8 Å². The second-order valence-corrected chi connectivity index (χ2v) is 8.09. The van der Waals surface area contributed by atoms with E-state index in [0.717, 1.165) is 31.7 Å². The van der Waals surface area contributed by atoms with Gasteiger partial charge in [-0.05, 0) is 11.6 Å². The van der Waals surface area contributed by atoms with Crippen LogP contribution >= 0.6 is 35.3 Å². The van der Waals surface area contributed by atoms with Crippen molar-refractivity contribution in [3.05, 3.63) is 51.5 Å². The van der Waals surface area contributed by atoms with Crippen LogP contribution in [-0.4, -0.2) is 28.5 Å². The number of rotatable bonds is 4. The summed E-state index contributed by atoms with van der Waals surface area (Å²) in [4.78, 5) is 17.6. The zero-order chi connectivity index (χ0) is 19.4. The van der Waals surface area contributed by atoms with Crippen LogP contribution in [0.5, 0.6) is 0 Å². The number of hydrogen-bond donors (Lipinski definition) is 0. The van der Waals surface area contributed by atoms with E-state index < -0.39 is 0 Å². The van der Waals surface area contributed by atoms with E-state index in [1.54, 1.807) is 23.0 Å². The standard InChI is InChI=1S/C17H12ClFN6OS2/c1-23-14-11(15-16(23)22-13(5-18)27-15)7-20-24(17(14)26)8-9-3-2-4-12-10(9)6-21-25(12)28-19/h2-4,6-7H,5,8H2,1H3. The lowest BCUT2D eigenvalue weighted by atomic mass is 10.1. The number of fused-ring (bicyclic) bond motifs is 4. The SMILES string of the molecule is Cn1c2nc(CCl)sc2c2cnn(Cc3cccc4c3cnn4SF)c(=O)c21. The lowest BCUT2D eigenvalue weighted by molar-refractivity contribution is 0.647. The number of benzene rings is 1. The van der Waals surface area contributed by atoms with Crippen LogP contribution in [0.25, 0.3) is 32.2 Å². The fourth-order valence-corrected chi connectivity index (χ4v) is 4.94. The molecule has 0 fully saturated rings. The first kappa shape index (κ1) is 17.7. The number of alkyl halides is 1. The third kappa shape index (κ3) is 2.48. The molecule has 5 rings (SSSR count). The van der Waals surface area contributed by atoms with Crippen LogP contribution in [0.2, 0.25) is 0 Å². The summed E-state index contributed by atoms with van der Waals surface area (Å²) >= 11 is 7.40. The first-order valence-corrected chi connectivity index (χ1v) is 10.3. The van der Waals surface area contributed by atoms with E-state index in [1.807, 2.05) is 19.2 Å². The highest BCUT2D eigenvalue weighted by atomic mass is 35.5. The summed E-state index contributed by atoms with van der Waals surface area (Å²) in [5.74, 6) is 0.334. The van der Waals surface area contributed by atoms with Crippen molar-refractivity contribution in [1.29, 1.82) is 0 Å². The Balaban J connectivity index is 1.66. The lowest BCUT2D eigenvalue weighted by Gasteiger charge is -2.07. The Labute approximate surface area is 170 Å². The van der Waals surface area contributed by atoms with Gasteiger partial charge in [0.1, 0.15) is 10.5 Å². The monoisotopic (exact) mass is 434 g/mol. The van der Waals surface area contributed by atoms with Crippen LogP contribution in [0.15, 0.2) is 35.4 Å². The second-order valence-electron chi connectivity index (χ2n) is 6.26. The molecule has 4 heterocycles. The molecule has 0 bridgehead atoms. The van der Waals surface area contributed by atoms with Gasteiger partial charge in [0.25, 0.3) is 5.56 Å². The Bertz CT molecular complexity index is 1420. The molecule has 28 heavy (non-hydrogen) atoms. The largest absolute Gasteiger partial charge is 0.323 e. The highest BCUT2D eigenvalue weighted by Gasteiger charge is 2.18. The maximum absolute atomic E-state index is 13.1. The fourth-order valence-electron chi connectivity index (χ4n) is 3.44. The molecule has 4 aromatic heterocycles. The third-order valence-corrected chi connectivity index (χ3v) is 6.65. The van der Waals surface area contributed by atoms with Crippen molar-refractivity contribution in [2.24, 2.45) is 7.05 Å². The molecule has 0 N–H and O–H groups in total. The first-order chi connectivity index (χ1) is 13.6. The molecule has 0 atom stereocenters.